The van der Waals surface area contributed by atoms with Crippen molar-refractivity contribution in [2.45, 2.75) is 33.6 Å². The standard InChI is InChI=1S/C8H16O2/c1-4-6-7(3)8(9)10-5-2/h7H,4-6H2,1-3H3/t7-/m1/s1. The van der Waals surface area contributed by atoms with Crippen LogP contribution in [0.25, 0.3) is 0 Å². The molecule has 0 rings (SSSR count). The summed E-state index contributed by atoms with van der Waals surface area (Å²) < 4.78 is 4.82. The van der Waals surface area contributed by atoms with Gasteiger partial charge in [0, 0.05) is 0 Å². The first-order chi connectivity index (χ1) is 4.72. The lowest BCUT2D eigenvalue weighted by Crippen LogP contribution is -2.14. The fourth-order valence-corrected chi connectivity index (χ4v) is 0.835. The number of ether oxygens (including phenoxy) is 1. The van der Waals surface area contributed by atoms with Crippen LogP contribution >= 0.6 is 0 Å². The Kier molecular flexibility index (Phi) is 4.99. The van der Waals surface area contributed by atoms with E-state index in [1.54, 1.807) is 0 Å². The number of carbonyl (C=O) groups excluding carboxylic acids is 1. The van der Waals surface area contributed by atoms with Gasteiger partial charge in [-0.2, -0.15) is 0 Å². The van der Waals surface area contributed by atoms with Gasteiger partial charge >= 0.3 is 5.97 Å². The molecular weight excluding hydrogens is 128 g/mol. The van der Waals surface area contributed by atoms with Crippen LogP contribution in [0.2, 0.25) is 0 Å². The molecule has 0 aromatic carbocycles. The van der Waals surface area contributed by atoms with Crippen molar-refractivity contribution in [3.05, 3.63) is 0 Å². The summed E-state index contributed by atoms with van der Waals surface area (Å²) in [6, 6.07) is 0. The van der Waals surface area contributed by atoms with Gasteiger partial charge in [-0.25, -0.2) is 0 Å². The van der Waals surface area contributed by atoms with Gasteiger partial charge in [0.2, 0.25) is 0 Å². The maximum atomic E-state index is 10.9. The number of esters is 1. The van der Waals surface area contributed by atoms with Gasteiger partial charge in [0.05, 0.1) is 12.5 Å². The molecule has 60 valence electrons. The van der Waals surface area contributed by atoms with E-state index in [-0.39, 0.29) is 11.9 Å². The number of hydrogen-bond acceptors (Lipinski definition) is 2. The van der Waals surface area contributed by atoms with Crippen LogP contribution in [-0.4, -0.2) is 12.6 Å². The van der Waals surface area contributed by atoms with Gasteiger partial charge in [-0.15, -0.1) is 0 Å². The van der Waals surface area contributed by atoms with Crippen molar-refractivity contribution in [1.82, 2.24) is 0 Å². The SMILES string of the molecule is CCC[C@@H](C)C(=O)OCC. The Balaban J connectivity index is 3.49. The third kappa shape index (κ3) is 3.49. The van der Waals surface area contributed by atoms with E-state index in [9.17, 15) is 4.79 Å². The quantitative estimate of drug-likeness (QED) is 0.564. The number of hydrogen-bond donors (Lipinski definition) is 0. The molecule has 2 nitrogen and oxygen atoms in total. The lowest BCUT2D eigenvalue weighted by atomic mass is 10.1. The molecule has 0 saturated heterocycles. The summed E-state index contributed by atoms with van der Waals surface area (Å²) in [6.07, 6.45) is 1.97. The first-order valence-electron chi connectivity index (χ1n) is 3.89. The molecule has 0 aromatic heterocycles. The highest BCUT2D eigenvalue weighted by Crippen LogP contribution is 2.06. The first-order valence-corrected chi connectivity index (χ1v) is 3.89. The van der Waals surface area contributed by atoms with Crippen molar-refractivity contribution >= 4 is 5.97 Å². The van der Waals surface area contributed by atoms with Crippen LogP contribution in [0, 0.1) is 5.92 Å². The van der Waals surface area contributed by atoms with Crippen molar-refractivity contribution < 1.29 is 9.53 Å². The van der Waals surface area contributed by atoms with E-state index >= 15 is 0 Å². The van der Waals surface area contributed by atoms with Crippen molar-refractivity contribution in [2.24, 2.45) is 5.92 Å². The van der Waals surface area contributed by atoms with Crippen molar-refractivity contribution in [3.8, 4) is 0 Å². The van der Waals surface area contributed by atoms with Crippen molar-refractivity contribution in [3.63, 3.8) is 0 Å². The minimum absolute atomic E-state index is 0.0654. The highest BCUT2D eigenvalue weighted by Gasteiger charge is 2.11. The van der Waals surface area contributed by atoms with Crippen molar-refractivity contribution in [2.75, 3.05) is 6.61 Å². The summed E-state index contributed by atoms with van der Waals surface area (Å²) in [6.45, 7) is 6.29. The van der Waals surface area contributed by atoms with Crippen LogP contribution < -0.4 is 0 Å². The highest BCUT2D eigenvalue weighted by atomic mass is 16.5. The van der Waals surface area contributed by atoms with E-state index in [1.165, 1.54) is 0 Å². The average Bonchev–Trinajstić information content (AvgIpc) is 1.89. The van der Waals surface area contributed by atoms with Crippen LogP contribution in [0.1, 0.15) is 33.6 Å². The van der Waals surface area contributed by atoms with Gasteiger partial charge in [0.25, 0.3) is 0 Å². The Bertz CT molecular complexity index is 99.4. The molecule has 0 N–H and O–H groups in total. The second kappa shape index (κ2) is 5.27. The third-order valence-corrected chi connectivity index (χ3v) is 1.41. The highest BCUT2D eigenvalue weighted by molar-refractivity contribution is 5.71. The molecule has 2 heteroatoms. The Morgan fingerprint density at radius 1 is 1.50 bits per heavy atom. The molecule has 10 heavy (non-hydrogen) atoms. The molecule has 0 spiro atoms. The Morgan fingerprint density at radius 3 is 2.50 bits per heavy atom. The molecule has 0 heterocycles. The van der Waals surface area contributed by atoms with Gasteiger partial charge in [0.1, 0.15) is 0 Å². The second-order valence-corrected chi connectivity index (χ2v) is 2.44. The fraction of sp³-hybridized carbons (Fsp3) is 0.875. The number of rotatable bonds is 4. The average molecular weight is 144 g/mol. The lowest BCUT2D eigenvalue weighted by Gasteiger charge is -2.07. The minimum atomic E-state index is -0.0654. The maximum absolute atomic E-state index is 10.9. The monoisotopic (exact) mass is 144 g/mol. The predicted octanol–water partition coefficient (Wildman–Crippen LogP) is 1.99. The Labute approximate surface area is 62.6 Å². The molecule has 0 aromatic rings. The van der Waals surface area contributed by atoms with E-state index in [2.05, 4.69) is 6.92 Å². The van der Waals surface area contributed by atoms with E-state index in [0.717, 1.165) is 12.8 Å². The summed E-state index contributed by atoms with van der Waals surface area (Å²) in [5, 5.41) is 0. The van der Waals surface area contributed by atoms with Crippen LogP contribution in [0.3, 0.4) is 0 Å². The number of carbonyl (C=O) groups is 1. The molecule has 0 fully saturated rings. The summed E-state index contributed by atoms with van der Waals surface area (Å²) >= 11 is 0. The molecule has 0 radical (unpaired) electrons. The van der Waals surface area contributed by atoms with E-state index < -0.39 is 0 Å². The first kappa shape index (κ1) is 9.47. The molecule has 0 aliphatic carbocycles. The molecule has 1 atom stereocenters. The molecule has 0 amide bonds. The molecule has 0 aliphatic rings. The maximum Gasteiger partial charge on any atom is 0.308 e. The largest absolute Gasteiger partial charge is 0.466 e. The smallest absolute Gasteiger partial charge is 0.308 e. The second-order valence-electron chi connectivity index (χ2n) is 2.44. The molecule has 0 unspecified atom stereocenters. The molecule has 0 bridgehead atoms. The van der Waals surface area contributed by atoms with Gasteiger partial charge in [-0.1, -0.05) is 20.3 Å². The van der Waals surface area contributed by atoms with Crippen LogP contribution in [0.4, 0.5) is 0 Å². The van der Waals surface area contributed by atoms with E-state index in [4.69, 9.17) is 4.74 Å². The topological polar surface area (TPSA) is 26.3 Å². The zero-order valence-electron chi connectivity index (χ0n) is 7.02. The van der Waals surface area contributed by atoms with E-state index in [1.807, 2.05) is 13.8 Å². The van der Waals surface area contributed by atoms with Crippen LogP contribution in [0.5, 0.6) is 0 Å². The third-order valence-electron chi connectivity index (χ3n) is 1.41. The molecule has 0 saturated carbocycles. The Morgan fingerprint density at radius 2 is 2.10 bits per heavy atom. The summed E-state index contributed by atoms with van der Waals surface area (Å²) in [5.74, 6) is 0.00861. The molecular formula is C8H16O2. The van der Waals surface area contributed by atoms with E-state index in [0.29, 0.717) is 6.61 Å². The zero-order chi connectivity index (χ0) is 7.98. The van der Waals surface area contributed by atoms with Crippen molar-refractivity contribution in [1.29, 1.82) is 0 Å². The zero-order valence-corrected chi connectivity index (χ0v) is 7.02. The van der Waals surface area contributed by atoms with Gasteiger partial charge in [-0.3, -0.25) is 4.79 Å². The molecule has 0 aliphatic heterocycles. The van der Waals surface area contributed by atoms with Crippen LogP contribution in [0.15, 0.2) is 0 Å². The van der Waals surface area contributed by atoms with Gasteiger partial charge in [0.15, 0.2) is 0 Å². The normalized spacial score (nSPS) is 12.7. The fourth-order valence-electron chi connectivity index (χ4n) is 0.835. The Hall–Kier alpha value is -0.530. The van der Waals surface area contributed by atoms with Gasteiger partial charge < -0.3 is 4.74 Å². The summed E-state index contributed by atoms with van der Waals surface area (Å²) in [4.78, 5) is 10.9. The lowest BCUT2D eigenvalue weighted by molar-refractivity contribution is -0.147. The minimum Gasteiger partial charge on any atom is -0.466 e. The van der Waals surface area contributed by atoms with Crippen LogP contribution in [-0.2, 0) is 9.53 Å². The van der Waals surface area contributed by atoms with Gasteiger partial charge in [-0.05, 0) is 13.3 Å². The summed E-state index contributed by atoms with van der Waals surface area (Å²) in [7, 11) is 0. The summed E-state index contributed by atoms with van der Waals surface area (Å²) in [5.41, 5.74) is 0. The predicted molar refractivity (Wildman–Crippen MR) is 40.7 cm³/mol.